The lowest BCUT2D eigenvalue weighted by molar-refractivity contribution is 0.295. The van der Waals surface area contributed by atoms with Crippen molar-refractivity contribution in [2.24, 2.45) is 0 Å². The molecule has 2 rings (SSSR count). The standard InChI is InChI=1S/C15H22N2O3S/c1-21(19,20)17(15-9-5-3-7-13(15)16)14-8-4-2-6-12(14)10-11-18/h3,5-7,9,14,18H,2,4,8,10-11,16H2,1H3. The summed E-state index contributed by atoms with van der Waals surface area (Å²) >= 11 is 0. The summed E-state index contributed by atoms with van der Waals surface area (Å²) in [5.74, 6) is 0. The molecule has 0 fully saturated rings. The van der Waals surface area contributed by atoms with Gasteiger partial charge in [0.15, 0.2) is 0 Å². The maximum atomic E-state index is 12.3. The fraction of sp³-hybridized carbons (Fsp3) is 0.467. The summed E-state index contributed by atoms with van der Waals surface area (Å²) < 4.78 is 26.0. The quantitative estimate of drug-likeness (QED) is 0.642. The van der Waals surface area contributed by atoms with E-state index in [4.69, 9.17) is 5.73 Å². The third kappa shape index (κ3) is 3.57. The Morgan fingerprint density at radius 2 is 2.10 bits per heavy atom. The van der Waals surface area contributed by atoms with Crippen LogP contribution in [0.15, 0.2) is 35.9 Å². The van der Waals surface area contributed by atoms with Gasteiger partial charge < -0.3 is 10.8 Å². The SMILES string of the molecule is CS(=O)(=O)N(c1ccccc1N)C1CCCC=C1CCO. The third-order valence-corrected chi connectivity index (χ3v) is 4.90. The molecule has 1 aromatic carbocycles. The van der Waals surface area contributed by atoms with E-state index in [1.807, 2.05) is 6.08 Å². The van der Waals surface area contributed by atoms with Crippen LogP contribution in [-0.2, 0) is 10.0 Å². The summed E-state index contributed by atoms with van der Waals surface area (Å²) in [5, 5.41) is 9.21. The first-order valence-corrected chi connectivity index (χ1v) is 8.93. The van der Waals surface area contributed by atoms with E-state index in [0.717, 1.165) is 24.8 Å². The first-order chi connectivity index (χ1) is 9.95. The summed E-state index contributed by atoms with van der Waals surface area (Å²) in [6.07, 6.45) is 6.33. The van der Waals surface area contributed by atoms with Crippen LogP contribution in [0, 0.1) is 0 Å². The predicted molar refractivity (Wildman–Crippen MR) is 85.6 cm³/mol. The number of para-hydroxylation sites is 2. The molecule has 6 heteroatoms. The van der Waals surface area contributed by atoms with Crippen molar-refractivity contribution in [2.45, 2.75) is 31.7 Å². The zero-order valence-corrected chi connectivity index (χ0v) is 13.0. The van der Waals surface area contributed by atoms with Crippen molar-refractivity contribution in [3.8, 4) is 0 Å². The first-order valence-electron chi connectivity index (χ1n) is 7.09. The first kappa shape index (κ1) is 15.9. The van der Waals surface area contributed by atoms with E-state index in [1.54, 1.807) is 24.3 Å². The Balaban J connectivity index is 2.49. The number of hydrogen-bond donors (Lipinski definition) is 2. The largest absolute Gasteiger partial charge is 0.397 e. The fourth-order valence-electron chi connectivity index (χ4n) is 2.85. The van der Waals surface area contributed by atoms with Gasteiger partial charge in [-0.3, -0.25) is 4.31 Å². The van der Waals surface area contributed by atoms with E-state index >= 15 is 0 Å². The number of aliphatic hydroxyl groups is 1. The summed E-state index contributed by atoms with van der Waals surface area (Å²) in [5.41, 5.74) is 7.89. The lowest BCUT2D eigenvalue weighted by Gasteiger charge is -2.36. The van der Waals surface area contributed by atoms with Gasteiger partial charge in [-0.1, -0.05) is 18.2 Å². The number of hydrogen-bond acceptors (Lipinski definition) is 4. The zero-order valence-electron chi connectivity index (χ0n) is 12.2. The molecule has 0 saturated heterocycles. The van der Waals surface area contributed by atoms with Gasteiger partial charge in [-0.05, 0) is 43.4 Å². The van der Waals surface area contributed by atoms with Gasteiger partial charge in [0.1, 0.15) is 0 Å². The average Bonchev–Trinajstić information content (AvgIpc) is 2.42. The summed E-state index contributed by atoms with van der Waals surface area (Å²) in [6.45, 7) is 0.0181. The summed E-state index contributed by atoms with van der Waals surface area (Å²) in [4.78, 5) is 0. The Labute approximate surface area is 126 Å². The van der Waals surface area contributed by atoms with Gasteiger partial charge in [-0.15, -0.1) is 0 Å². The molecule has 3 N–H and O–H groups in total. The molecule has 1 aromatic rings. The molecule has 1 atom stereocenters. The molecule has 0 aliphatic heterocycles. The van der Waals surface area contributed by atoms with Crippen LogP contribution in [0.3, 0.4) is 0 Å². The van der Waals surface area contributed by atoms with Gasteiger partial charge in [0.25, 0.3) is 0 Å². The summed E-state index contributed by atoms with van der Waals surface area (Å²) in [7, 11) is -3.46. The molecule has 1 aliphatic rings. The summed E-state index contributed by atoms with van der Waals surface area (Å²) in [6, 6.07) is 6.73. The second-order valence-corrected chi connectivity index (χ2v) is 7.18. The lowest BCUT2D eigenvalue weighted by atomic mass is 9.91. The van der Waals surface area contributed by atoms with E-state index in [-0.39, 0.29) is 12.6 Å². The van der Waals surface area contributed by atoms with Crippen molar-refractivity contribution < 1.29 is 13.5 Å². The Bertz CT molecular complexity index is 626. The van der Waals surface area contributed by atoms with Gasteiger partial charge in [0, 0.05) is 6.61 Å². The van der Waals surface area contributed by atoms with Crippen LogP contribution in [0.1, 0.15) is 25.7 Å². The van der Waals surface area contributed by atoms with Crippen LogP contribution in [0.5, 0.6) is 0 Å². The van der Waals surface area contributed by atoms with Crippen LogP contribution in [0.2, 0.25) is 0 Å². The highest BCUT2D eigenvalue weighted by atomic mass is 32.2. The molecule has 116 valence electrons. The molecule has 0 saturated carbocycles. The van der Waals surface area contributed by atoms with Crippen LogP contribution in [0.25, 0.3) is 0 Å². The van der Waals surface area contributed by atoms with Crippen LogP contribution < -0.4 is 10.0 Å². The molecule has 21 heavy (non-hydrogen) atoms. The minimum Gasteiger partial charge on any atom is -0.397 e. The van der Waals surface area contributed by atoms with Gasteiger partial charge in [-0.25, -0.2) is 8.42 Å². The topological polar surface area (TPSA) is 83.6 Å². The van der Waals surface area contributed by atoms with Crippen molar-refractivity contribution in [1.29, 1.82) is 0 Å². The van der Waals surface area contributed by atoms with Gasteiger partial charge in [0.05, 0.1) is 23.7 Å². The molecular formula is C15H22N2O3S. The molecular weight excluding hydrogens is 288 g/mol. The van der Waals surface area contributed by atoms with Gasteiger partial charge >= 0.3 is 0 Å². The number of aliphatic hydroxyl groups excluding tert-OH is 1. The van der Waals surface area contributed by atoms with Crippen LogP contribution >= 0.6 is 0 Å². The van der Waals surface area contributed by atoms with Crippen molar-refractivity contribution in [3.05, 3.63) is 35.9 Å². The second kappa shape index (κ2) is 6.49. The third-order valence-electron chi connectivity index (χ3n) is 3.73. The fourth-order valence-corrected chi connectivity index (χ4v) is 4.08. The maximum Gasteiger partial charge on any atom is 0.232 e. The molecule has 0 spiro atoms. The molecule has 0 aromatic heterocycles. The lowest BCUT2D eigenvalue weighted by Crippen LogP contribution is -2.42. The molecule has 1 aliphatic carbocycles. The number of benzene rings is 1. The Hall–Kier alpha value is -1.53. The van der Waals surface area contributed by atoms with Crippen LogP contribution in [-0.4, -0.2) is 32.4 Å². The number of sulfonamides is 1. The number of anilines is 2. The van der Waals surface area contributed by atoms with Crippen molar-refractivity contribution in [3.63, 3.8) is 0 Å². The number of nitrogen functional groups attached to an aromatic ring is 1. The molecule has 0 heterocycles. The van der Waals surface area contributed by atoms with Gasteiger partial charge in [0.2, 0.25) is 10.0 Å². The maximum absolute atomic E-state index is 12.3. The van der Waals surface area contributed by atoms with Crippen molar-refractivity contribution in [1.82, 2.24) is 0 Å². The normalized spacial score (nSPS) is 19.1. The van der Waals surface area contributed by atoms with E-state index < -0.39 is 10.0 Å². The van der Waals surface area contributed by atoms with E-state index in [2.05, 4.69) is 0 Å². The van der Waals surface area contributed by atoms with E-state index in [1.165, 1.54) is 10.6 Å². The highest BCUT2D eigenvalue weighted by Gasteiger charge is 2.31. The minimum atomic E-state index is -3.46. The monoisotopic (exact) mass is 310 g/mol. The van der Waals surface area contributed by atoms with Crippen molar-refractivity contribution >= 4 is 21.4 Å². The Morgan fingerprint density at radius 3 is 2.71 bits per heavy atom. The second-order valence-electron chi connectivity index (χ2n) is 5.32. The van der Waals surface area contributed by atoms with E-state index in [9.17, 15) is 13.5 Å². The smallest absolute Gasteiger partial charge is 0.232 e. The van der Waals surface area contributed by atoms with Crippen molar-refractivity contribution in [2.75, 3.05) is 22.9 Å². The predicted octanol–water partition coefficient (Wildman–Crippen LogP) is 1.90. The number of nitrogens with two attached hydrogens (primary N) is 1. The number of nitrogens with zero attached hydrogens (tertiary/aromatic N) is 1. The molecule has 1 unspecified atom stereocenters. The molecule has 0 amide bonds. The van der Waals surface area contributed by atoms with Crippen LogP contribution in [0.4, 0.5) is 11.4 Å². The average molecular weight is 310 g/mol. The minimum absolute atomic E-state index is 0.0181. The Kier molecular flexibility index (Phi) is 4.90. The number of rotatable bonds is 5. The van der Waals surface area contributed by atoms with E-state index in [0.29, 0.717) is 17.8 Å². The highest BCUT2D eigenvalue weighted by Crippen LogP contribution is 2.34. The Morgan fingerprint density at radius 1 is 1.38 bits per heavy atom. The zero-order chi connectivity index (χ0) is 15.5. The molecule has 5 nitrogen and oxygen atoms in total. The van der Waals surface area contributed by atoms with Gasteiger partial charge in [-0.2, -0.15) is 0 Å². The number of allylic oxidation sites excluding steroid dienone is 1. The molecule has 0 radical (unpaired) electrons. The highest BCUT2D eigenvalue weighted by molar-refractivity contribution is 7.92. The molecule has 0 bridgehead atoms.